The maximum atomic E-state index is 12.5. The number of imidazole rings is 1. The molecule has 0 atom stereocenters. The average molecular weight is 398 g/mol. The fourth-order valence-electron chi connectivity index (χ4n) is 2.66. The van der Waals surface area contributed by atoms with E-state index in [0.29, 0.717) is 18.7 Å². The van der Waals surface area contributed by atoms with Gasteiger partial charge in [-0.2, -0.15) is 0 Å². The summed E-state index contributed by atoms with van der Waals surface area (Å²) in [6.07, 6.45) is 5.70. The quantitative estimate of drug-likeness (QED) is 0.610. The summed E-state index contributed by atoms with van der Waals surface area (Å²) < 4.78 is 29.6. The van der Waals surface area contributed by atoms with E-state index in [2.05, 4.69) is 15.0 Å². The van der Waals surface area contributed by atoms with Gasteiger partial charge in [0.05, 0.1) is 11.2 Å². The fourth-order valence-corrected chi connectivity index (χ4v) is 3.68. The number of amides is 1. The van der Waals surface area contributed by atoms with Crippen molar-refractivity contribution in [3.8, 4) is 0 Å². The lowest BCUT2D eigenvalue weighted by molar-refractivity contribution is -0.115. The van der Waals surface area contributed by atoms with Crippen molar-refractivity contribution < 1.29 is 13.2 Å². The average Bonchev–Trinajstić information content (AvgIpc) is 3.20. The van der Waals surface area contributed by atoms with Crippen LogP contribution < -0.4 is 10.0 Å². The van der Waals surface area contributed by atoms with E-state index in [1.54, 1.807) is 31.6 Å². The molecule has 1 amide bonds. The highest BCUT2D eigenvalue weighted by atomic mass is 32.2. The zero-order valence-electron chi connectivity index (χ0n) is 15.5. The zero-order chi connectivity index (χ0) is 20.0. The van der Waals surface area contributed by atoms with Crippen LogP contribution in [0.3, 0.4) is 0 Å². The molecule has 0 unspecified atom stereocenters. The van der Waals surface area contributed by atoms with E-state index in [4.69, 9.17) is 0 Å². The number of hydrogen-bond acceptors (Lipinski definition) is 4. The van der Waals surface area contributed by atoms with Crippen LogP contribution in [-0.2, 0) is 27.9 Å². The van der Waals surface area contributed by atoms with Crippen molar-refractivity contribution in [3.05, 3.63) is 78.4 Å². The summed E-state index contributed by atoms with van der Waals surface area (Å²) in [4.78, 5) is 15.6. The fraction of sp³-hybridized carbons (Fsp3) is 0.200. The lowest BCUT2D eigenvalue weighted by Gasteiger charge is -2.10. The Hall–Kier alpha value is -2.97. The van der Waals surface area contributed by atoms with E-state index >= 15 is 0 Å². The molecule has 0 aliphatic heterocycles. The SMILES string of the molecule is CCC(=O)Nc1ccc(S(=O)(=O)NCc2cccc(Cn3ccnc3)c2)cc1. The summed E-state index contributed by atoms with van der Waals surface area (Å²) in [7, 11) is -3.65. The van der Waals surface area contributed by atoms with E-state index in [-0.39, 0.29) is 17.3 Å². The standard InChI is InChI=1S/C20H22N4O3S/c1-2-20(25)23-18-6-8-19(9-7-18)28(26,27)22-13-16-4-3-5-17(12-16)14-24-11-10-21-15-24/h3-12,15,22H,2,13-14H2,1H3,(H,23,25). The lowest BCUT2D eigenvalue weighted by atomic mass is 10.1. The largest absolute Gasteiger partial charge is 0.333 e. The van der Waals surface area contributed by atoms with Crippen molar-refractivity contribution in [3.63, 3.8) is 0 Å². The minimum atomic E-state index is -3.65. The third kappa shape index (κ3) is 5.28. The van der Waals surface area contributed by atoms with Crippen LogP contribution >= 0.6 is 0 Å². The van der Waals surface area contributed by atoms with Crippen LogP contribution in [0.5, 0.6) is 0 Å². The van der Waals surface area contributed by atoms with E-state index in [9.17, 15) is 13.2 Å². The molecule has 28 heavy (non-hydrogen) atoms. The maximum absolute atomic E-state index is 12.5. The number of sulfonamides is 1. The Balaban J connectivity index is 1.64. The molecule has 2 N–H and O–H groups in total. The first-order valence-electron chi connectivity index (χ1n) is 8.89. The Labute approximate surface area is 164 Å². The molecule has 146 valence electrons. The molecule has 0 fully saturated rings. The van der Waals surface area contributed by atoms with Crippen LogP contribution in [0.1, 0.15) is 24.5 Å². The number of aromatic nitrogens is 2. The van der Waals surface area contributed by atoms with Gasteiger partial charge in [0, 0.05) is 37.6 Å². The number of anilines is 1. The summed E-state index contributed by atoms with van der Waals surface area (Å²) in [6, 6.07) is 13.8. The molecule has 0 bridgehead atoms. The second-order valence-electron chi connectivity index (χ2n) is 6.31. The third-order valence-electron chi connectivity index (χ3n) is 4.15. The van der Waals surface area contributed by atoms with Gasteiger partial charge in [-0.05, 0) is 35.4 Å². The van der Waals surface area contributed by atoms with Gasteiger partial charge >= 0.3 is 0 Å². The van der Waals surface area contributed by atoms with Crippen LogP contribution in [0.25, 0.3) is 0 Å². The van der Waals surface area contributed by atoms with Crippen molar-refractivity contribution in [1.82, 2.24) is 14.3 Å². The minimum absolute atomic E-state index is 0.121. The van der Waals surface area contributed by atoms with Gasteiger partial charge in [-0.15, -0.1) is 0 Å². The number of carbonyl (C=O) groups excluding carboxylic acids is 1. The molecule has 2 aromatic carbocycles. The molecule has 0 saturated carbocycles. The molecule has 0 spiro atoms. The number of nitrogens with zero attached hydrogens (tertiary/aromatic N) is 2. The van der Waals surface area contributed by atoms with E-state index in [0.717, 1.165) is 11.1 Å². The molecule has 1 heterocycles. The number of nitrogens with one attached hydrogen (secondary N) is 2. The summed E-state index contributed by atoms with van der Waals surface area (Å²) in [6.45, 7) is 2.61. The van der Waals surface area contributed by atoms with Gasteiger partial charge in [0.1, 0.15) is 0 Å². The first-order chi connectivity index (χ1) is 13.5. The van der Waals surface area contributed by atoms with Gasteiger partial charge in [-0.25, -0.2) is 18.1 Å². The summed E-state index contributed by atoms with van der Waals surface area (Å²) in [5, 5.41) is 2.69. The highest BCUT2D eigenvalue weighted by molar-refractivity contribution is 7.89. The first kappa shape index (κ1) is 19.8. The van der Waals surface area contributed by atoms with E-state index in [1.807, 2.05) is 35.0 Å². The Morgan fingerprint density at radius 1 is 1.11 bits per heavy atom. The number of rotatable bonds is 8. The number of carbonyl (C=O) groups is 1. The van der Waals surface area contributed by atoms with E-state index < -0.39 is 10.0 Å². The van der Waals surface area contributed by atoms with Crippen molar-refractivity contribution in [2.45, 2.75) is 31.3 Å². The van der Waals surface area contributed by atoms with Gasteiger partial charge < -0.3 is 9.88 Å². The predicted molar refractivity (Wildman–Crippen MR) is 107 cm³/mol. The summed E-state index contributed by atoms with van der Waals surface area (Å²) >= 11 is 0. The molecule has 7 nitrogen and oxygen atoms in total. The van der Waals surface area contributed by atoms with Gasteiger partial charge in [-0.3, -0.25) is 4.79 Å². The highest BCUT2D eigenvalue weighted by Crippen LogP contribution is 2.15. The zero-order valence-corrected chi connectivity index (χ0v) is 16.3. The number of benzene rings is 2. The van der Waals surface area contributed by atoms with Crippen LogP contribution in [0.15, 0.2) is 72.1 Å². The van der Waals surface area contributed by atoms with Crippen molar-refractivity contribution in [2.75, 3.05) is 5.32 Å². The lowest BCUT2D eigenvalue weighted by Crippen LogP contribution is -2.23. The van der Waals surface area contributed by atoms with Gasteiger partial charge in [0.25, 0.3) is 0 Å². The molecule has 0 radical (unpaired) electrons. The van der Waals surface area contributed by atoms with E-state index in [1.165, 1.54) is 12.1 Å². The Bertz CT molecular complexity index is 1030. The van der Waals surface area contributed by atoms with Crippen molar-refractivity contribution in [1.29, 1.82) is 0 Å². The molecular formula is C20H22N4O3S. The molecule has 3 rings (SSSR count). The predicted octanol–water partition coefficient (Wildman–Crippen LogP) is 2.76. The van der Waals surface area contributed by atoms with Crippen LogP contribution in [0.4, 0.5) is 5.69 Å². The molecule has 0 aliphatic carbocycles. The molecular weight excluding hydrogens is 376 g/mol. The Kier molecular flexibility index (Phi) is 6.23. The Morgan fingerprint density at radius 2 is 1.86 bits per heavy atom. The van der Waals surface area contributed by atoms with Crippen LogP contribution in [-0.4, -0.2) is 23.9 Å². The minimum Gasteiger partial charge on any atom is -0.333 e. The van der Waals surface area contributed by atoms with Crippen LogP contribution in [0, 0.1) is 0 Å². The summed E-state index contributed by atoms with van der Waals surface area (Å²) in [5.74, 6) is -0.121. The Morgan fingerprint density at radius 3 is 2.54 bits per heavy atom. The molecule has 0 aliphatic rings. The second-order valence-corrected chi connectivity index (χ2v) is 8.07. The second kappa shape index (κ2) is 8.81. The van der Waals surface area contributed by atoms with Crippen molar-refractivity contribution >= 4 is 21.6 Å². The smallest absolute Gasteiger partial charge is 0.240 e. The normalized spacial score (nSPS) is 11.3. The van der Waals surface area contributed by atoms with Gasteiger partial charge in [0.15, 0.2) is 0 Å². The van der Waals surface area contributed by atoms with Gasteiger partial charge in [-0.1, -0.05) is 31.2 Å². The molecule has 0 saturated heterocycles. The van der Waals surface area contributed by atoms with Crippen molar-refractivity contribution in [2.24, 2.45) is 0 Å². The van der Waals surface area contributed by atoms with Crippen LogP contribution in [0.2, 0.25) is 0 Å². The highest BCUT2D eigenvalue weighted by Gasteiger charge is 2.14. The molecule has 3 aromatic rings. The number of hydrogen-bond donors (Lipinski definition) is 2. The monoisotopic (exact) mass is 398 g/mol. The maximum Gasteiger partial charge on any atom is 0.240 e. The van der Waals surface area contributed by atoms with Gasteiger partial charge in [0.2, 0.25) is 15.9 Å². The molecule has 1 aromatic heterocycles. The topological polar surface area (TPSA) is 93.1 Å². The third-order valence-corrected chi connectivity index (χ3v) is 5.57. The molecule has 8 heteroatoms. The summed E-state index contributed by atoms with van der Waals surface area (Å²) in [5.41, 5.74) is 2.50. The first-order valence-corrected chi connectivity index (χ1v) is 10.4.